The molecule has 1 aromatic rings. The SMILES string of the molecule is C[C@]12CCC3=C(CCc4ccc(F)cc43)C1=CCC2=O. The molecule has 0 saturated carbocycles. The maximum atomic E-state index is 13.6. The van der Waals surface area contributed by atoms with Crippen LogP contribution in [0.25, 0.3) is 5.57 Å². The van der Waals surface area contributed by atoms with Gasteiger partial charge in [-0.15, -0.1) is 0 Å². The molecule has 2 heteroatoms. The van der Waals surface area contributed by atoms with E-state index in [1.165, 1.54) is 22.3 Å². The first-order chi connectivity index (χ1) is 9.59. The Morgan fingerprint density at radius 2 is 2.00 bits per heavy atom. The van der Waals surface area contributed by atoms with Gasteiger partial charge in [0.05, 0.1) is 5.41 Å². The molecule has 1 aromatic carbocycles. The van der Waals surface area contributed by atoms with Crippen molar-refractivity contribution in [3.05, 3.63) is 52.4 Å². The summed E-state index contributed by atoms with van der Waals surface area (Å²) in [6.07, 6.45) is 6.39. The normalized spacial score (nSPS) is 27.9. The maximum absolute atomic E-state index is 13.6. The molecule has 0 aromatic heterocycles. The summed E-state index contributed by atoms with van der Waals surface area (Å²) in [5.41, 5.74) is 5.89. The van der Waals surface area contributed by atoms with Gasteiger partial charge in [-0.25, -0.2) is 4.39 Å². The van der Waals surface area contributed by atoms with Crippen molar-refractivity contribution < 1.29 is 9.18 Å². The Balaban J connectivity index is 1.91. The van der Waals surface area contributed by atoms with Crippen LogP contribution in [0.1, 0.15) is 43.7 Å². The molecule has 3 aliphatic rings. The van der Waals surface area contributed by atoms with Crippen molar-refractivity contribution in [2.75, 3.05) is 0 Å². The quantitative estimate of drug-likeness (QED) is 0.688. The number of aryl methyl sites for hydroxylation is 1. The van der Waals surface area contributed by atoms with Crippen LogP contribution in [0.3, 0.4) is 0 Å². The smallest absolute Gasteiger partial charge is 0.146 e. The Hall–Kier alpha value is -1.70. The average Bonchev–Trinajstić information content (AvgIpc) is 2.74. The van der Waals surface area contributed by atoms with Gasteiger partial charge in [0, 0.05) is 6.42 Å². The lowest BCUT2D eigenvalue weighted by atomic mass is 9.65. The maximum Gasteiger partial charge on any atom is 0.146 e. The van der Waals surface area contributed by atoms with E-state index in [-0.39, 0.29) is 11.2 Å². The average molecular weight is 268 g/mol. The summed E-state index contributed by atoms with van der Waals surface area (Å²) < 4.78 is 13.6. The molecule has 0 saturated heterocycles. The predicted molar refractivity (Wildman–Crippen MR) is 76.7 cm³/mol. The highest BCUT2D eigenvalue weighted by molar-refractivity contribution is 5.96. The molecule has 0 unspecified atom stereocenters. The van der Waals surface area contributed by atoms with Gasteiger partial charge >= 0.3 is 0 Å². The standard InChI is InChI=1S/C18H17FO/c1-18-9-8-13-14(16(18)6-7-17(18)20)5-3-11-2-4-12(19)10-15(11)13/h2,4,6,10H,3,5,7-9H2,1H3/t18-/m0/s1. The van der Waals surface area contributed by atoms with Crippen LogP contribution < -0.4 is 0 Å². The molecular weight excluding hydrogens is 251 g/mol. The molecular formula is C18H17FO. The third kappa shape index (κ3) is 1.45. The minimum absolute atomic E-state index is 0.165. The van der Waals surface area contributed by atoms with E-state index in [1.807, 2.05) is 6.07 Å². The number of carbonyl (C=O) groups is 1. The van der Waals surface area contributed by atoms with Crippen LogP contribution in [0.15, 0.2) is 35.4 Å². The molecule has 1 nitrogen and oxygen atoms in total. The summed E-state index contributed by atoms with van der Waals surface area (Å²) in [7, 11) is 0. The number of benzene rings is 1. The van der Waals surface area contributed by atoms with Gasteiger partial charge in [0.1, 0.15) is 11.6 Å². The van der Waals surface area contributed by atoms with Crippen LogP contribution >= 0.6 is 0 Å². The van der Waals surface area contributed by atoms with Crippen LogP contribution in [-0.2, 0) is 11.2 Å². The molecule has 0 spiro atoms. The van der Waals surface area contributed by atoms with Crippen LogP contribution in [0.5, 0.6) is 0 Å². The first-order valence-corrected chi connectivity index (χ1v) is 7.35. The highest BCUT2D eigenvalue weighted by atomic mass is 19.1. The zero-order valence-electron chi connectivity index (χ0n) is 11.6. The molecule has 0 aliphatic heterocycles. The van der Waals surface area contributed by atoms with E-state index in [1.54, 1.807) is 12.1 Å². The van der Waals surface area contributed by atoms with E-state index >= 15 is 0 Å². The number of fused-ring (bicyclic) bond motifs is 4. The topological polar surface area (TPSA) is 17.1 Å². The Morgan fingerprint density at radius 1 is 1.15 bits per heavy atom. The van der Waals surface area contributed by atoms with Gasteiger partial charge in [0.25, 0.3) is 0 Å². The third-order valence-electron chi connectivity index (χ3n) is 5.31. The molecule has 20 heavy (non-hydrogen) atoms. The molecule has 0 amide bonds. The molecule has 1 atom stereocenters. The fraction of sp³-hybridized carbons (Fsp3) is 0.389. The minimum Gasteiger partial charge on any atom is -0.298 e. The van der Waals surface area contributed by atoms with Gasteiger partial charge in [-0.2, -0.15) is 0 Å². The van der Waals surface area contributed by atoms with Crippen LogP contribution in [-0.4, -0.2) is 5.78 Å². The summed E-state index contributed by atoms with van der Waals surface area (Å²) in [6.45, 7) is 2.08. The van der Waals surface area contributed by atoms with Crippen LogP contribution in [0.2, 0.25) is 0 Å². The minimum atomic E-state index is -0.274. The number of hydrogen-bond acceptors (Lipinski definition) is 1. The van der Waals surface area contributed by atoms with Crippen molar-refractivity contribution in [2.24, 2.45) is 5.41 Å². The molecule has 102 valence electrons. The highest BCUT2D eigenvalue weighted by Gasteiger charge is 2.45. The van der Waals surface area contributed by atoms with E-state index in [0.717, 1.165) is 31.2 Å². The van der Waals surface area contributed by atoms with Crippen LogP contribution in [0, 0.1) is 11.2 Å². The van der Waals surface area contributed by atoms with Gasteiger partial charge in [0.2, 0.25) is 0 Å². The Kier molecular flexibility index (Phi) is 2.36. The van der Waals surface area contributed by atoms with E-state index in [2.05, 4.69) is 13.0 Å². The molecule has 0 fully saturated rings. The highest BCUT2D eigenvalue weighted by Crippen LogP contribution is 2.53. The van der Waals surface area contributed by atoms with Gasteiger partial charge in [-0.05, 0) is 72.6 Å². The van der Waals surface area contributed by atoms with Crippen molar-refractivity contribution in [3.63, 3.8) is 0 Å². The van der Waals surface area contributed by atoms with Crippen LogP contribution in [0.4, 0.5) is 4.39 Å². The Labute approximate surface area is 118 Å². The number of rotatable bonds is 0. The fourth-order valence-electron chi connectivity index (χ4n) is 4.10. The molecule has 0 radical (unpaired) electrons. The zero-order chi connectivity index (χ0) is 13.9. The lowest BCUT2D eigenvalue weighted by Crippen LogP contribution is -2.30. The van der Waals surface area contributed by atoms with Gasteiger partial charge in [-0.3, -0.25) is 4.79 Å². The fourth-order valence-corrected chi connectivity index (χ4v) is 4.10. The molecule has 3 aliphatic carbocycles. The monoisotopic (exact) mass is 268 g/mol. The van der Waals surface area contributed by atoms with Gasteiger partial charge in [-0.1, -0.05) is 12.1 Å². The second-order valence-corrected chi connectivity index (χ2v) is 6.34. The number of Topliss-reactive ketones (excluding diaryl/α,β-unsaturated/α-hetero) is 1. The van der Waals surface area contributed by atoms with Crippen molar-refractivity contribution in [1.82, 2.24) is 0 Å². The summed E-state index contributed by atoms with van der Waals surface area (Å²) >= 11 is 0. The van der Waals surface area contributed by atoms with E-state index in [0.29, 0.717) is 12.2 Å². The summed E-state index contributed by atoms with van der Waals surface area (Å²) in [4.78, 5) is 12.2. The Morgan fingerprint density at radius 3 is 2.85 bits per heavy atom. The van der Waals surface area contributed by atoms with Crippen molar-refractivity contribution in [3.8, 4) is 0 Å². The largest absolute Gasteiger partial charge is 0.298 e. The lowest BCUT2D eigenvalue weighted by Gasteiger charge is -2.37. The van der Waals surface area contributed by atoms with E-state index < -0.39 is 0 Å². The van der Waals surface area contributed by atoms with Gasteiger partial charge in [0.15, 0.2) is 0 Å². The molecule has 4 rings (SSSR count). The number of allylic oxidation sites excluding steroid dienone is 4. The zero-order valence-corrected chi connectivity index (χ0v) is 11.6. The van der Waals surface area contributed by atoms with Crippen molar-refractivity contribution in [2.45, 2.75) is 39.0 Å². The van der Waals surface area contributed by atoms with E-state index in [9.17, 15) is 9.18 Å². The second kappa shape index (κ2) is 3.91. The van der Waals surface area contributed by atoms with Crippen molar-refractivity contribution in [1.29, 1.82) is 0 Å². The Bertz CT molecular complexity index is 695. The molecule has 0 bridgehead atoms. The first-order valence-electron chi connectivity index (χ1n) is 7.35. The third-order valence-corrected chi connectivity index (χ3v) is 5.31. The van der Waals surface area contributed by atoms with Gasteiger partial charge < -0.3 is 0 Å². The number of hydrogen-bond donors (Lipinski definition) is 0. The number of carbonyl (C=O) groups excluding carboxylic acids is 1. The predicted octanol–water partition coefficient (Wildman–Crippen LogP) is 4.22. The molecule has 0 heterocycles. The lowest BCUT2D eigenvalue weighted by molar-refractivity contribution is -0.124. The summed E-state index contributed by atoms with van der Waals surface area (Å²) in [6, 6.07) is 5.13. The summed E-state index contributed by atoms with van der Waals surface area (Å²) in [5.74, 6) is 0.186. The van der Waals surface area contributed by atoms with E-state index in [4.69, 9.17) is 0 Å². The van der Waals surface area contributed by atoms with Crippen molar-refractivity contribution >= 4 is 11.4 Å². The number of ketones is 1. The first kappa shape index (κ1) is 12.1. The molecule has 0 N–H and O–H groups in total. The summed E-state index contributed by atoms with van der Waals surface area (Å²) in [5, 5.41) is 0. The number of halogens is 1. The second-order valence-electron chi connectivity index (χ2n) is 6.34.